The highest BCUT2D eigenvalue weighted by atomic mass is 79.9. The van der Waals surface area contributed by atoms with E-state index in [9.17, 15) is 9.18 Å². The summed E-state index contributed by atoms with van der Waals surface area (Å²) in [5.41, 5.74) is 7.69. The van der Waals surface area contributed by atoms with E-state index in [4.69, 9.17) is 5.73 Å². The van der Waals surface area contributed by atoms with Gasteiger partial charge in [0.05, 0.1) is 12.7 Å². The summed E-state index contributed by atoms with van der Waals surface area (Å²) in [6, 6.07) is 9.62. The maximum absolute atomic E-state index is 13.0. The van der Waals surface area contributed by atoms with Gasteiger partial charge >= 0.3 is 5.97 Å². The third-order valence-electron chi connectivity index (χ3n) is 2.83. The van der Waals surface area contributed by atoms with Gasteiger partial charge in [0.2, 0.25) is 0 Å². The van der Waals surface area contributed by atoms with Gasteiger partial charge in [0.15, 0.2) is 0 Å². The molecule has 0 atom stereocenters. The third-order valence-corrected chi connectivity index (χ3v) is 4.71. The fourth-order valence-electron chi connectivity index (χ4n) is 1.72. The van der Waals surface area contributed by atoms with E-state index in [1.54, 1.807) is 18.2 Å². The number of ether oxygens (including phenoxy) is 1. The number of halogens is 2. The molecule has 0 spiro atoms. The first-order valence-electron chi connectivity index (χ1n) is 6.06. The van der Waals surface area contributed by atoms with Crippen molar-refractivity contribution >= 4 is 39.3 Å². The van der Waals surface area contributed by atoms with Crippen LogP contribution in [0.4, 0.5) is 10.1 Å². The summed E-state index contributed by atoms with van der Waals surface area (Å²) in [4.78, 5) is 12.3. The predicted molar refractivity (Wildman–Crippen MR) is 85.9 cm³/mol. The Bertz CT molecular complexity index is 679. The van der Waals surface area contributed by atoms with Crippen molar-refractivity contribution in [2.75, 3.05) is 12.8 Å². The molecule has 0 radical (unpaired) electrons. The van der Waals surface area contributed by atoms with Crippen LogP contribution in [0.5, 0.6) is 0 Å². The Morgan fingerprint density at radius 1 is 1.33 bits per heavy atom. The molecular weight excluding hydrogens is 357 g/mol. The number of anilines is 1. The van der Waals surface area contributed by atoms with E-state index in [0.717, 1.165) is 14.9 Å². The van der Waals surface area contributed by atoms with E-state index in [0.29, 0.717) is 17.0 Å². The standard InChI is InChI=1S/C15H13BrFNO2S/c1-20-15(19)9-2-3-10(12(16)6-9)8-21-14-5-4-11(17)7-13(14)18/h2-7H,8,18H2,1H3. The van der Waals surface area contributed by atoms with Crippen molar-refractivity contribution in [1.29, 1.82) is 0 Å². The number of carbonyl (C=O) groups is 1. The second-order valence-corrected chi connectivity index (χ2v) is 6.14. The molecule has 0 aliphatic rings. The molecule has 21 heavy (non-hydrogen) atoms. The highest BCUT2D eigenvalue weighted by molar-refractivity contribution is 9.10. The molecule has 0 aromatic heterocycles. The van der Waals surface area contributed by atoms with Gasteiger partial charge in [-0.1, -0.05) is 22.0 Å². The molecule has 0 saturated heterocycles. The van der Waals surface area contributed by atoms with Crippen LogP contribution >= 0.6 is 27.7 Å². The molecule has 0 aliphatic carbocycles. The smallest absolute Gasteiger partial charge is 0.337 e. The molecule has 0 heterocycles. The summed E-state index contributed by atoms with van der Waals surface area (Å²) in [6.07, 6.45) is 0. The second kappa shape index (κ2) is 6.95. The van der Waals surface area contributed by atoms with Crippen LogP contribution in [-0.4, -0.2) is 13.1 Å². The van der Waals surface area contributed by atoms with Gasteiger partial charge < -0.3 is 10.5 Å². The first-order valence-corrected chi connectivity index (χ1v) is 7.83. The van der Waals surface area contributed by atoms with Gasteiger partial charge in [-0.15, -0.1) is 11.8 Å². The van der Waals surface area contributed by atoms with Gasteiger partial charge in [-0.2, -0.15) is 0 Å². The SMILES string of the molecule is COC(=O)c1ccc(CSc2ccc(F)cc2N)c(Br)c1. The number of thioether (sulfide) groups is 1. The van der Waals surface area contributed by atoms with E-state index in [2.05, 4.69) is 20.7 Å². The van der Waals surface area contributed by atoms with Crippen molar-refractivity contribution < 1.29 is 13.9 Å². The molecule has 6 heteroatoms. The molecule has 2 rings (SSSR count). The van der Waals surface area contributed by atoms with Crippen molar-refractivity contribution in [3.63, 3.8) is 0 Å². The van der Waals surface area contributed by atoms with Gasteiger partial charge in [0, 0.05) is 20.8 Å². The summed E-state index contributed by atoms with van der Waals surface area (Å²) in [7, 11) is 1.34. The van der Waals surface area contributed by atoms with Crippen molar-refractivity contribution in [3.8, 4) is 0 Å². The van der Waals surface area contributed by atoms with Crippen LogP contribution < -0.4 is 5.73 Å². The first kappa shape index (κ1) is 15.9. The highest BCUT2D eigenvalue weighted by Crippen LogP contribution is 2.31. The lowest BCUT2D eigenvalue weighted by Gasteiger charge is -2.08. The summed E-state index contributed by atoms with van der Waals surface area (Å²) in [5, 5.41) is 0. The fourth-order valence-corrected chi connectivity index (χ4v) is 3.37. The zero-order valence-corrected chi connectivity index (χ0v) is 13.6. The second-order valence-electron chi connectivity index (χ2n) is 4.27. The Morgan fingerprint density at radius 2 is 2.10 bits per heavy atom. The third kappa shape index (κ3) is 3.98. The first-order chi connectivity index (χ1) is 10.0. The van der Waals surface area contributed by atoms with Crippen molar-refractivity contribution in [3.05, 3.63) is 57.8 Å². The number of nitrogens with two attached hydrogens (primary N) is 1. The lowest BCUT2D eigenvalue weighted by molar-refractivity contribution is 0.0600. The van der Waals surface area contributed by atoms with Crippen LogP contribution in [0.2, 0.25) is 0 Å². The van der Waals surface area contributed by atoms with E-state index in [1.807, 2.05) is 6.07 Å². The number of benzene rings is 2. The molecule has 2 aromatic rings. The van der Waals surface area contributed by atoms with Gasteiger partial charge in [0.25, 0.3) is 0 Å². The van der Waals surface area contributed by atoms with E-state index < -0.39 is 0 Å². The normalized spacial score (nSPS) is 10.4. The van der Waals surface area contributed by atoms with E-state index >= 15 is 0 Å². The number of esters is 1. The molecule has 2 aromatic carbocycles. The summed E-state index contributed by atoms with van der Waals surface area (Å²) >= 11 is 4.94. The van der Waals surface area contributed by atoms with Gasteiger partial charge in [0.1, 0.15) is 5.82 Å². The molecule has 0 fully saturated rings. The zero-order valence-electron chi connectivity index (χ0n) is 11.2. The maximum atomic E-state index is 13.0. The van der Waals surface area contributed by atoms with Crippen LogP contribution in [0.25, 0.3) is 0 Å². The summed E-state index contributed by atoms with van der Waals surface area (Å²) in [5.74, 6) is -0.0733. The molecule has 110 valence electrons. The zero-order chi connectivity index (χ0) is 15.4. The highest BCUT2D eigenvalue weighted by Gasteiger charge is 2.09. The number of methoxy groups -OCH3 is 1. The quantitative estimate of drug-likeness (QED) is 0.497. The minimum atomic E-state index is -0.377. The lowest BCUT2D eigenvalue weighted by Crippen LogP contribution is -2.01. The van der Waals surface area contributed by atoms with E-state index in [1.165, 1.54) is 31.0 Å². The van der Waals surface area contributed by atoms with E-state index in [-0.39, 0.29) is 11.8 Å². The largest absolute Gasteiger partial charge is 0.465 e. The lowest BCUT2D eigenvalue weighted by atomic mass is 10.1. The Balaban J connectivity index is 2.11. The van der Waals surface area contributed by atoms with Crippen LogP contribution in [0.15, 0.2) is 45.8 Å². The average Bonchev–Trinajstić information content (AvgIpc) is 2.46. The minimum absolute atomic E-state index is 0.347. The van der Waals surface area contributed by atoms with Crippen LogP contribution in [0, 0.1) is 5.82 Å². The number of hydrogen-bond donors (Lipinski definition) is 1. The van der Waals surface area contributed by atoms with Crippen molar-refractivity contribution in [2.24, 2.45) is 0 Å². The number of hydrogen-bond acceptors (Lipinski definition) is 4. The molecular formula is C15H13BrFNO2S. The molecule has 0 saturated carbocycles. The molecule has 0 amide bonds. The van der Waals surface area contributed by atoms with Crippen LogP contribution in [-0.2, 0) is 10.5 Å². The molecule has 0 unspecified atom stereocenters. The van der Waals surface area contributed by atoms with Gasteiger partial charge in [-0.25, -0.2) is 9.18 Å². The molecule has 2 N–H and O–H groups in total. The van der Waals surface area contributed by atoms with Crippen LogP contribution in [0.3, 0.4) is 0 Å². The fraction of sp³-hybridized carbons (Fsp3) is 0.133. The Morgan fingerprint density at radius 3 is 2.71 bits per heavy atom. The summed E-state index contributed by atoms with van der Waals surface area (Å²) < 4.78 is 18.5. The number of carbonyl (C=O) groups excluding carboxylic acids is 1. The molecule has 0 bridgehead atoms. The average molecular weight is 370 g/mol. The number of nitrogen functional groups attached to an aromatic ring is 1. The van der Waals surface area contributed by atoms with Gasteiger partial charge in [-0.05, 0) is 35.9 Å². The Labute approximate surface area is 134 Å². The number of rotatable bonds is 4. The molecule has 0 aliphatic heterocycles. The minimum Gasteiger partial charge on any atom is -0.465 e. The molecule has 3 nitrogen and oxygen atoms in total. The predicted octanol–water partition coefficient (Wildman–Crippen LogP) is 4.25. The van der Waals surface area contributed by atoms with Crippen molar-refractivity contribution in [1.82, 2.24) is 0 Å². The topological polar surface area (TPSA) is 52.3 Å². The van der Waals surface area contributed by atoms with Crippen molar-refractivity contribution in [2.45, 2.75) is 10.6 Å². The Kier molecular flexibility index (Phi) is 5.25. The monoisotopic (exact) mass is 369 g/mol. The Hall–Kier alpha value is -1.53. The maximum Gasteiger partial charge on any atom is 0.337 e. The van der Waals surface area contributed by atoms with Crippen LogP contribution in [0.1, 0.15) is 15.9 Å². The summed E-state index contributed by atoms with van der Waals surface area (Å²) in [6.45, 7) is 0. The van der Waals surface area contributed by atoms with Gasteiger partial charge in [-0.3, -0.25) is 0 Å².